The zero-order chi connectivity index (χ0) is 18.9. The fourth-order valence-corrected chi connectivity index (χ4v) is 2.59. The summed E-state index contributed by atoms with van der Waals surface area (Å²) in [5, 5.41) is 0. The standard InChI is InChI=1S/C20H25NO5/c1-4-24-16-12-10-15(19(25-5-2)20(16)26-6-3)11-13-18(23)21-14-8-7-9-17(21)22/h7,9-13H,4-6,8,14H2,1-3H3. The van der Waals surface area contributed by atoms with Gasteiger partial charge in [-0.2, -0.15) is 0 Å². The molecule has 0 saturated carbocycles. The number of hydrogen-bond donors (Lipinski definition) is 0. The van der Waals surface area contributed by atoms with Crippen LogP contribution in [0, 0.1) is 0 Å². The summed E-state index contributed by atoms with van der Waals surface area (Å²) in [7, 11) is 0. The molecule has 0 unspecified atom stereocenters. The number of hydrogen-bond acceptors (Lipinski definition) is 5. The molecule has 1 heterocycles. The number of imide groups is 1. The summed E-state index contributed by atoms with van der Waals surface area (Å²) < 4.78 is 17.1. The Morgan fingerprint density at radius 3 is 2.42 bits per heavy atom. The van der Waals surface area contributed by atoms with Crippen molar-refractivity contribution in [2.75, 3.05) is 26.4 Å². The second-order valence-electron chi connectivity index (χ2n) is 5.46. The van der Waals surface area contributed by atoms with E-state index in [-0.39, 0.29) is 11.8 Å². The van der Waals surface area contributed by atoms with E-state index in [0.29, 0.717) is 55.6 Å². The normalized spacial score (nSPS) is 14.0. The van der Waals surface area contributed by atoms with E-state index in [4.69, 9.17) is 14.2 Å². The third-order valence-corrected chi connectivity index (χ3v) is 3.70. The van der Waals surface area contributed by atoms with Crippen molar-refractivity contribution in [2.24, 2.45) is 0 Å². The van der Waals surface area contributed by atoms with Crippen molar-refractivity contribution in [1.82, 2.24) is 4.90 Å². The molecule has 1 aromatic rings. The molecule has 6 nitrogen and oxygen atoms in total. The van der Waals surface area contributed by atoms with Crippen LogP contribution in [-0.4, -0.2) is 43.1 Å². The lowest BCUT2D eigenvalue weighted by molar-refractivity contribution is -0.139. The van der Waals surface area contributed by atoms with Gasteiger partial charge in [0.15, 0.2) is 11.5 Å². The molecule has 0 atom stereocenters. The van der Waals surface area contributed by atoms with Gasteiger partial charge in [-0.15, -0.1) is 0 Å². The molecule has 1 aliphatic heterocycles. The zero-order valence-corrected chi connectivity index (χ0v) is 15.5. The van der Waals surface area contributed by atoms with Crippen LogP contribution in [0.2, 0.25) is 0 Å². The molecule has 140 valence electrons. The first-order valence-electron chi connectivity index (χ1n) is 8.87. The zero-order valence-electron chi connectivity index (χ0n) is 15.5. The second kappa shape index (κ2) is 9.65. The molecule has 0 bridgehead atoms. The summed E-state index contributed by atoms with van der Waals surface area (Å²) in [5.41, 5.74) is 0.687. The maximum Gasteiger partial charge on any atom is 0.253 e. The number of carbonyl (C=O) groups excluding carboxylic acids is 2. The highest BCUT2D eigenvalue weighted by Gasteiger charge is 2.20. The van der Waals surface area contributed by atoms with E-state index in [1.807, 2.05) is 20.8 Å². The van der Waals surface area contributed by atoms with Crippen molar-refractivity contribution in [1.29, 1.82) is 0 Å². The Bertz CT molecular complexity index is 708. The lowest BCUT2D eigenvalue weighted by atomic mass is 10.1. The molecule has 2 rings (SSSR count). The van der Waals surface area contributed by atoms with Gasteiger partial charge in [-0.25, -0.2) is 0 Å². The molecule has 0 fully saturated rings. The molecule has 26 heavy (non-hydrogen) atoms. The van der Waals surface area contributed by atoms with E-state index in [9.17, 15) is 9.59 Å². The van der Waals surface area contributed by atoms with Crippen LogP contribution in [0.4, 0.5) is 0 Å². The summed E-state index contributed by atoms with van der Waals surface area (Å²) in [6.45, 7) is 7.45. The van der Waals surface area contributed by atoms with Gasteiger partial charge in [0.1, 0.15) is 0 Å². The van der Waals surface area contributed by atoms with Gasteiger partial charge in [-0.05, 0) is 51.5 Å². The van der Waals surface area contributed by atoms with Crippen molar-refractivity contribution in [3.63, 3.8) is 0 Å². The van der Waals surface area contributed by atoms with E-state index in [0.717, 1.165) is 0 Å². The van der Waals surface area contributed by atoms with Crippen molar-refractivity contribution in [3.8, 4) is 17.2 Å². The van der Waals surface area contributed by atoms with Crippen LogP contribution in [-0.2, 0) is 9.59 Å². The van der Waals surface area contributed by atoms with Crippen molar-refractivity contribution >= 4 is 17.9 Å². The third-order valence-electron chi connectivity index (χ3n) is 3.70. The van der Waals surface area contributed by atoms with Crippen LogP contribution in [0.5, 0.6) is 17.2 Å². The molecular formula is C20H25NO5. The Balaban J connectivity index is 2.32. The second-order valence-corrected chi connectivity index (χ2v) is 5.46. The lowest BCUT2D eigenvalue weighted by Gasteiger charge is -2.20. The lowest BCUT2D eigenvalue weighted by Crippen LogP contribution is -2.37. The van der Waals surface area contributed by atoms with E-state index >= 15 is 0 Å². The first kappa shape index (κ1) is 19.6. The predicted molar refractivity (Wildman–Crippen MR) is 99.5 cm³/mol. The molecule has 6 heteroatoms. The van der Waals surface area contributed by atoms with Gasteiger partial charge < -0.3 is 14.2 Å². The molecule has 0 N–H and O–H groups in total. The summed E-state index contributed by atoms with van der Waals surface area (Å²) >= 11 is 0. The number of amides is 2. The monoisotopic (exact) mass is 359 g/mol. The summed E-state index contributed by atoms with van der Waals surface area (Å²) in [5.74, 6) is 0.987. The average molecular weight is 359 g/mol. The van der Waals surface area contributed by atoms with Crippen molar-refractivity contribution in [2.45, 2.75) is 27.2 Å². The molecule has 2 amide bonds. The fraction of sp³-hybridized carbons (Fsp3) is 0.400. The van der Waals surface area contributed by atoms with Gasteiger partial charge in [0.05, 0.1) is 19.8 Å². The van der Waals surface area contributed by atoms with Gasteiger partial charge >= 0.3 is 0 Å². The van der Waals surface area contributed by atoms with Gasteiger partial charge in [-0.1, -0.05) is 6.08 Å². The first-order chi connectivity index (χ1) is 12.6. The van der Waals surface area contributed by atoms with Gasteiger partial charge in [0.2, 0.25) is 5.75 Å². The van der Waals surface area contributed by atoms with Crippen LogP contribution >= 0.6 is 0 Å². The van der Waals surface area contributed by atoms with Crippen LogP contribution in [0.25, 0.3) is 6.08 Å². The smallest absolute Gasteiger partial charge is 0.253 e. The van der Waals surface area contributed by atoms with Crippen molar-refractivity contribution in [3.05, 3.63) is 35.9 Å². The Kier molecular flexibility index (Phi) is 7.26. The van der Waals surface area contributed by atoms with E-state index < -0.39 is 0 Å². The Hall–Kier alpha value is -2.76. The van der Waals surface area contributed by atoms with Crippen LogP contribution in [0.1, 0.15) is 32.8 Å². The maximum absolute atomic E-state index is 12.3. The van der Waals surface area contributed by atoms with Crippen LogP contribution < -0.4 is 14.2 Å². The highest BCUT2D eigenvalue weighted by molar-refractivity contribution is 6.07. The topological polar surface area (TPSA) is 65.1 Å². The number of ether oxygens (including phenoxy) is 3. The third kappa shape index (κ3) is 4.65. The van der Waals surface area contributed by atoms with Gasteiger partial charge in [-0.3, -0.25) is 14.5 Å². The minimum absolute atomic E-state index is 0.294. The number of benzene rings is 1. The molecular weight excluding hydrogens is 334 g/mol. The Morgan fingerprint density at radius 2 is 1.77 bits per heavy atom. The average Bonchev–Trinajstić information content (AvgIpc) is 2.64. The number of carbonyl (C=O) groups is 2. The SMILES string of the molecule is CCOc1ccc(C=CC(=O)N2CCC=CC2=O)c(OCC)c1OCC. The van der Waals surface area contributed by atoms with E-state index in [2.05, 4.69) is 0 Å². The van der Waals surface area contributed by atoms with E-state index in [1.165, 1.54) is 17.1 Å². The molecule has 0 aliphatic carbocycles. The predicted octanol–water partition coefficient (Wildman–Crippen LogP) is 3.21. The summed E-state index contributed by atoms with van der Waals surface area (Å²) in [4.78, 5) is 25.3. The largest absolute Gasteiger partial charge is 0.490 e. The molecule has 0 spiro atoms. The Morgan fingerprint density at radius 1 is 1.08 bits per heavy atom. The minimum Gasteiger partial charge on any atom is -0.490 e. The molecule has 0 saturated heterocycles. The summed E-state index contributed by atoms with van der Waals surface area (Å²) in [6, 6.07) is 3.59. The number of rotatable bonds is 8. The highest BCUT2D eigenvalue weighted by Crippen LogP contribution is 2.41. The minimum atomic E-state index is -0.353. The Labute approximate surface area is 154 Å². The van der Waals surface area contributed by atoms with Gasteiger partial charge in [0, 0.05) is 18.2 Å². The quantitative estimate of drug-likeness (QED) is 0.667. The van der Waals surface area contributed by atoms with E-state index in [1.54, 1.807) is 24.3 Å². The maximum atomic E-state index is 12.3. The highest BCUT2D eigenvalue weighted by atomic mass is 16.5. The molecule has 1 aliphatic rings. The summed E-state index contributed by atoms with van der Waals surface area (Å²) in [6.07, 6.45) is 6.88. The molecule has 1 aromatic carbocycles. The molecule has 0 aromatic heterocycles. The van der Waals surface area contributed by atoms with Crippen molar-refractivity contribution < 1.29 is 23.8 Å². The van der Waals surface area contributed by atoms with Crippen LogP contribution in [0.15, 0.2) is 30.4 Å². The number of nitrogens with zero attached hydrogens (tertiary/aromatic N) is 1. The van der Waals surface area contributed by atoms with Gasteiger partial charge in [0.25, 0.3) is 11.8 Å². The van der Waals surface area contributed by atoms with Crippen LogP contribution in [0.3, 0.4) is 0 Å². The molecule has 0 radical (unpaired) electrons. The fourth-order valence-electron chi connectivity index (χ4n) is 2.59. The first-order valence-corrected chi connectivity index (χ1v) is 8.87.